The smallest absolute Gasteiger partial charge is 0.294 e. The van der Waals surface area contributed by atoms with Crippen molar-refractivity contribution < 1.29 is 28.2 Å². The number of fused-ring (bicyclic) bond motifs is 1. The SMILES string of the molecule is CCOc1cc(/C=C2\SC(=O)N(CC(=O)Nc3ccccc3F)C2=O)cc(I)c1OCc1cccc2ccccc12. The van der Waals surface area contributed by atoms with Crippen LogP contribution in [-0.4, -0.2) is 35.1 Å². The first-order valence-corrected chi connectivity index (χ1v) is 14.6. The second kappa shape index (κ2) is 12.7. The van der Waals surface area contributed by atoms with Crippen LogP contribution in [0.2, 0.25) is 0 Å². The molecule has 1 aliphatic rings. The molecule has 4 aromatic carbocycles. The maximum atomic E-state index is 13.9. The van der Waals surface area contributed by atoms with Crippen LogP contribution in [0.15, 0.2) is 83.8 Å². The Hall–Kier alpha value is -3.90. The molecule has 0 atom stereocenters. The Morgan fingerprint density at radius 1 is 1.02 bits per heavy atom. The van der Waals surface area contributed by atoms with E-state index in [4.69, 9.17) is 9.47 Å². The van der Waals surface area contributed by atoms with Crippen LogP contribution in [-0.2, 0) is 16.2 Å². The molecular weight excluding hydrogens is 658 g/mol. The molecule has 41 heavy (non-hydrogen) atoms. The molecule has 1 fully saturated rings. The first-order valence-electron chi connectivity index (χ1n) is 12.7. The Balaban J connectivity index is 1.33. The summed E-state index contributed by atoms with van der Waals surface area (Å²) in [5.74, 6) is -0.809. The van der Waals surface area contributed by atoms with E-state index in [0.717, 1.165) is 36.6 Å². The van der Waals surface area contributed by atoms with E-state index in [9.17, 15) is 18.8 Å². The lowest BCUT2D eigenvalue weighted by molar-refractivity contribution is -0.127. The van der Waals surface area contributed by atoms with Crippen molar-refractivity contribution in [1.82, 2.24) is 4.90 Å². The van der Waals surface area contributed by atoms with Gasteiger partial charge in [0.2, 0.25) is 5.91 Å². The Labute approximate surface area is 253 Å². The number of para-hydroxylation sites is 1. The molecule has 0 saturated carbocycles. The molecule has 0 unspecified atom stereocenters. The molecule has 1 N–H and O–H groups in total. The van der Waals surface area contributed by atoms with Gasteiger partial charge < -0.3 is 14.8 Å². The third kappa shape index (κ3) is 6.54. The lowest BCUT2D eigenvalue weighted by atomic mass is 10.1. The van der Waals surface area contributed by atoms with Crippen molar-refractivity contribution in [1.29, 1.82) is 0 Å². The van der Waals surface area contributed by atoms with E-state index in [1.807, 2.05) is 37.3 Å². The fourth-order valence-corrected chi connectivity index (χ4v) is 5.95. The van der Waals surface area contributed by atoms with Crippen molar-refractivity contribution in [3.63, 3.8) is 0 Å². The van der Waals surface area contributed by atoms with Crippen LogP contribution < -0.4 is 14.8 Å². The van der Waals surface area contributed by atoms with Crippen LogP contribution >= 0.6 is 34.4 Å². The van der Waals surface area contributed by atoms with E-state index in [1.54, 1.807) is 18.2 Å². The topological polar surface area (TPSA) is 84.9 Å². The minimum Gasteiger partial charge on any atom is -0.490 e. The van der Waals surface area contributed by atoms with Crippen LogP contribution in [0, 0.1) is 9.39 Å². The largest absolute Gasteiger partial charge is 0.490 e. The normalized spacial score (nSPS) is 14.1. The Morgan fingerprint density at radius 2 is 1.78 bits per heavy atom. The summed E-state index contributed by atoms with van der Waals surface area (Å²) >= 11 is 2.89. The van der Waals surface area contributed by atoms with Gasteiger partial charge in [-0.3, -0.25) is 19.3 Å². The third-order valence-electron chi connectivity index (χ3n) is 6.20. The standard InChI is InChI=1S/C31H24FIN2O5S/c1-2-39-26-15-19(14-24(33)29(26)40-18-21-10-7-9-20-8-3-4-11-22(20)21)16-27-30(37)35(31(38)41-27)17-28(36)34-25-13-6-5-12-23(25)32/h3-16H,2,17-18H2,1H3,(H,34,36)/b27-16-. The van der Waals surface area contributed by atoms with Gasteiger partial charge in [-0.05, 0) is 93.5 Å². The summed E-state index contributed by atoms with van der Waals surface area (Å²) < 4.78 is 26.8. The van der Waals surface area contributed by atoms with Crippen LogP contribution in [0.1, 0.15) is 18.1 Å². The quantitative estimate of drug-likeness (QED) is 0.148. The van der Waals surface area contributed by atoms with Crippen molar-refractivity contribution >= 4 is 73.9 Å². The molecule has 1 saturated heterocycles. The van der Waals surface area contributed by atoms with E-state index < -0.39 is 29.4 Å². The predicted molar refractivity (Wildman–Crippen MR) is 166 cm³/mol. The van der Waals surface area contributed by atoms with Crippen LogP contribution in [0.3, 0.4) is 0 Å². The zero-order valence-electron chi connectivity index (χ0n) is 21.9. The monoisotopic (exact) mass is 682 g/mol. The zero-order valence-corrected chi connectivity index (χ0v) is 24.8. The highest BCUT2D eigenvalue weighted by Crippen LogP contribution is 2.38. The summed E-state index contributed by atoms with van der Waals surface area (Å²) in [6, 6.07) is 23.4. The average Bonchev–Trinajstić information content (AvgIpc) is 3.21. The molecule has 5 rings (SSSR count). The number of nitrogens with zero attached hydrogens (tertiary/aromatic N) is 1. The number of rotatable bonds is 9. The molecule has 10 heteroatoms. The van der Waals surface area contributed by atoms with E-state index >= 15 is 0 Å². The first kappa shape index (κ1) is 28.6. The summed E-state index contributed by atoms with van der Waals surface area (Å²) in [5, 5.41) is 4.04. The predicted octanol–water partition coefficient (Wildman–Crippen LogP) is 7.24. The van der Waals surface area contributed by atoms with Gasteiger partial charge in [0.15, 0.2) is 11.5 Å². The number of hydrogen-bond acceptors (Lipinski definition) is 6. The number of anilines is 1. The molecule has 3 amide bonds. The molecule has 208 valence electrons. The van der Waals surface area contributed by atoms with E-state index in [-0.39, 0.29) is 10.6 Å². The first-order chi connectivity index (χ1) is 19.8. The summed E-state index contributed by atoms with van der Waals surface area (Å²) in [6.45, 7) is 2.08. The van der Waals surface area contributed by atoms with Crippen molar-refractivity contribution in [3.05, 3.63) is 104 Å². The fourth-order valence-electron chi connectivity index (χ4n) is 4.33. The number of hydrogen-bond donors (Lipinski definition) is 1. The average molecular weight is 683 g/mol. The van der Waals surface area contributed by atoms with Crippen LogP contribution in [0.5, 0.6) is 11.5 Å². The van der Waals surface area contributed by atoms with Gasteiger partial charge in [-0.2, -0.15) is 0 Å². The highest BCUT2D eigenvalue weighted by atomic mass is 127. The highest BCUT2D eigenvalue weighted by molar-refractivity contribution is 14.1. The molecule has 0 radical (unpaired) electrons. The molecule has 1 heterocycles. The molecular formula is C31H24FIN2O5S. The number of imide groups is 1. The summed E-state index contributed by atoms with van der Waals surface area (Å²) in [5.41, 5.74) is 1.65. The van der Waals surface area contributed by atoms with E-state index in [2.05, 4.69) is 46.1 Å². The van der Waals surface area contributed by atoms with Gasteiger partial charge in [0.25, 0.3) is 11.1 Å². The van der Waals surface area contributed by atoms with Gasteiger partial charge in [-0.25, -0.2) is 4.39 Å². The van der Waals surface area contributed by atoms with Gasteiger partial charge >= 0.3 is 0 Å². The molecule has 4 aromatic rings. The van der Waals surface area contributed by atoms with Gasteiger partial charge in [0.05, 0.1) is 20.8 Å². The second-order valence-electron chi connectivity index (χ2n) is 8.99. The lowest BCUT2D eigenvalue weighted by Gasteiger charge is -2.16. The summed E-state index contributed by atoms with van der Waals surface area (Å²) in [7, 11) is 0. The minimum atomic E-state index is -0.681. The summed E-state index contributed by atoms with van der Waals surface area (Å²) in [6.07, 6.45) is 1.58. The molecule has 0 spiro atoms. The summed E-state index contributed by atoms with van der Waals surface area (Å²) in [4.78, 5) is 39.0. The van der Waals surface area contributed by atoms with Crippen LogP contribution in [0.25, 0.3) is 16.8 Å². The maximum Gasteiger partial charge on any atom is 0.294 e. The molecule has 7 nitrogen and oxygen atoms in total. The zero-order chi connectivity index (χ0) is 28.9. The van der Waals surface area contributed by atoms with Crippen molar-refractivity contribution in [2.45, 2.75) is 13.5 Å². The Morgan fingerprint density at radius 3 is 2.59 bits per heavy atom. The molecule has 1 aliphatic heterocycles. The van der Waals surface area contributed by atoms with Gasteiger partial charge in [0.1, 0.15) is 19.0 Å². The Bertz CT molecular complexity index is 1690. The van der Waals surface area contributed by atoms with Crippen molar-refractivity contribution in [2.24, 2.45) is 0 Å². The third-order valence-corrected chi connectivity index (χ3v) is 7.91. The van der Waals surface area contributed by atoms with Gasteiger partial charge in [-0.1, -0.05) is 54.6 Å². The fraction of sp³-hybridized carbons (Fsp3) is 0.129. The number of thioether (sulfide) groups is 1. The van der Waals surface area contributed by atoms with Gasteiger partial charge in [0, 0.05) is 0 Å². The van der Waals surface area contributed by atoms with Crippen LogP contribution in [0.4, 0.5) is 14.9 Å². The Kier molecular flexibility index (Phi) is 8.89. The van der Waals surface area contributed by atoms with Crippen molar-refractivity contribution in [3.8, 4) is 11.5 Å². The van der Waals surface area contributed by atoms with E-state index in [1.165, 1.54) is 18.2 Å². The maximum absolute atomic E-state index is 13.9. The number of carbonyl (C=O) groups is 3. The number of halogens is 2. The molecule has 0 aromatic heterocycles. The molecule has 0 aliphatic carbocycles. The lowest BCUT2D eigenvalue weighted by Crippen LogP contribution is -2.36. The number of nitrogens with one attached hydrogen (secondary N) is 1. The van der Waals surface area contributed by atoms with Gasteiger partial charge in [-0.15, -0.1) is 0 Å². The molecule has 0 bridgehead atoms. The highest BCUT2D eigenvalue weighted by Gasteiger charge is 2.36. The second-order valence-corrected chi connectivity index (χ2v) is 11.1. The number of benzene rings is 4. The van der Waals surface area contributed by atoms with E-state index in [0.29, 0.717) is 30.3 Å². The van der Waals surface area contributed by atoms with Crippen molar-refractivity contribution in [2.75, 3.05) is 18.5 Å². The number of ether oxygens (including phenoxy) is 2. The minimum absolute atomic E-state index is 0.0270. The number of amides is 3. The number of carbonyl (C=O) groups excluding carboxylic acids is 3.